The monoisotopic (exact) mass is 420 g/mol. The number of benzene rings is 1. The molecule has 1 spiro atoms. The van der Waals surface area contributed by atoms with Crippen LogP contribution in [-0.4, -0.2) is 27.6 Å². The van der Waals surface area contributed by atoms with Gasteiger partial charge < -0.3 is 5.32 Å². The Morgan fingerprint density at radius 2 is 1.83 bits per heavy atom. The number of hydrogen-bond acceptors (Lipinski definition) is 4. The van der Waals surface area contributed by atoms with Gasteiger partial charge in [0, 0.05) is 17.2 Å². The van der Waals surface area contributed by atoms with Gasteiger partial charge in [-0.05, 0) is 57.0 Å². The number of nitrogens with one attached hydrogen (secondary N) is 1. The van der Waals surface area contributed by atoms with Crippen molar-refractivity contribution < 1.29 is 0 Å². The summed E-state index contributed by atoms with van der Waals surface area (Å²) in [6.45, 7) is 2.08. The molecular formula is C24H25ClN4O. The molecule has 1 aromatic carbocycles. The molecule has 0 bridgehead atoms. The molecule has 0 radical (unpaired) electrons. The highest BCUT2D eigenvalue weighted by molar-refractivity contribution is 6.35. The van der Waals surface area contributed by atoms with Gasteiger partial charge in [0.15, 0.2) is 0 Å². The molecule has 2 aliphatic heterocycles. The molecule has 1 aliphatic carbocycles. The summed E-state index contributed by atoms with van der Waals surface area (Å²) in [5, 5.41) is 4.40. The van der Waals surface area contributed by atoms with E-state index in [-0.39, 0.29) is 11.0 Å². The second-order valence-electron chi connectivity index (χ2n) is 8.98. The van der Waals surface area contributed by atoms with E-state index in [1.807, 2.05) is 12.1 Å². The molecule has 1 N–H and O–H groups in total. The van der Waals surface area contributed by atoms with Gasteiger partial charge in [-0.1, -0.05) is 43.0 Å². The van der Waals surface area contributed by atoms with E-state index in [0.717, 1.165) is 74.5 Å². The van der Waals surface area contributed by atoms with Crippen LogP contribution in [0.2, 0.25) is 5.02 Å². The number of piperidine rings is 1. The van der Waals surface area contributed by atoms with Crippen LogP contribution in [0.15, 0.2) is 35.1 Å². The van der Waals surface area contributed by atoms with Crippen molar-refractivity contribution in [2.45, 2.75) is 56.3 Å². The molecule has 154 valence electrons. The Morgan fingerprint density at radius 3 is 2.63 bits per heavy atom. The zero-order valence-corrected chi connectivity index (χ0v) is 17.7. The smallest absolute Gasteiger partial charge is 0.282 e. The molecule has 0 atom stereocenters. The third-order valence-corrected chi connectivity index (χ3v) is 7.70. The van der Waals surface area contributed by atoms with E-state index in [9.17, 15) is 4.79 Å². The molecule has 4 heterocycles. The fourth-order valence-corrected chi connectivity index (χ4v) is 6.13. The molecule has 3 aromatic rings. The number of hydrogen-bond donors (Lipinski definition) is 1. The van der Waals surface area contributed by atoms with Crippen LogP contribution in [0, 0.1) is 0 Å². The van der Waals surface area contributed by atoms with Crippen LogP contribution in [0.4, 0.5) is 0 Å². The first-order chi connectivity index (χ1) is 14.7. The van der Waals surface area contributed by atoms with Gasteiger partial charge >= 0.3 is 0 Å². The summed E-state index contributed by atoms with van der Waals surface area (Å²) < 4.78 is 2.15. The third-order valence-electron chi connectivity index (χ3n) is 7.38. The van der Waals surface area contributed by atoms with Gasteiger partial charge in [-0.2, -0.15) is 4.98 Å². The van der Waals surface area contributed by atoms with Crippen molar-refractivity contribution in [3.05, 3.63) is 62.8 Å². The fraction of sp³-hybridized carbons (Fsp3) is 0.458. The van der Waals surface area contributed by atoms with Crippen LogP contribution in [0.5, 0.6) is 0 Å². The van der Waals surface area contributed by atoms with Crippen LogP contribution in [0.3, 0.4) is 0 Å². The Hall–Kier alpha value is -2.24. The molecule has 30 heavy (non-hydrogen) atoms. The van der Waals surface area contributed by atoms with Crippen molar-refractivity contribution in [1.82, 2.24) is 19.9 Å². The van der Waals surface area contributed by atoms with E-state index >= 15 is 0 Å². The molecule has 2 aromatic heterocycles. The zero-order chi connectivity index (χ0) is 20.3. The summed E-state index contributed by atoms with van der Waals surface area (Å²) in [6, 6.07) is 10.2. The van der Waals surface area contributed by atoms with Gasteiger partial charge in [0.05, 0.1) is 21.3 Å². The highest BCUT2D eigenvalue weighted by Gasteiger charge is 2.47. The minimum absolute atomic E-state index is 0.205. The molecule has 3 aliphatic rings. The van der Waals surface area contributed by atoms with E-state index in [2.05, 4.69) is 27.0 Å². The lowest BCUT2D eigenvalue weighted by molar-refractivity contribution is 0.338. The normalized spacial score (nSPS) is 20.4. The maximum Gasteiger partial charge on any atom is 0.282 e. The van der Waals surface area contributed by atoms with Crippen LogP contribution in [0.25, 0.3) is 16.7 Å². The first-order valence-corrected chi connectivity index (χ1v) is 11.5. The van der Waals surface area contributed by atoms with Crippen molar-refractivity contribution in [1.29, 1.82) is 0 Å². The number of pyridine rings is 1. The lowest BCUT2D eigenvalue weighted by Crippen LogP contribution is -2.32. The molecular weight excluding hydrogens is 396 g/mol. The second kappa shape index (κ2) is 6.89. The van der Waals surface area contributed by atoms with Crippen molar-refractivity contribution >= 4 is 22.5 Å². The highest BCUT2D eigenvalue weighted by atomic mass is 35.5. The summed E-state index contributed by atoms with van der Waals surface area (Å²) in [6.07, 6.45) is 7.80. The van der Waals surface area contributed by atoms with E-state index in [0.29, 0.717) is 16.3 Å². The Labute approximate surface area is 180 Å². The summed E-state index contributed by atoms with van der Waals surface area (Å²) in [5.74, 6) is 2.31. The third kappa shape index (κ3) is 2.55. The van der Waals surface area contributed by atoms with Gasteiger partial charge in [-0.15, -0.1) is 0 Å². The molecule has 0 unspecified atom stereocenters. The highest BCUT2D eigenvalue weighted by Crippen LogP contribution is 2.51. The molecule has 5 nitrogen and oxygen atoms in total. The topological polar surface area (TPSA) is 59.8 Å². The Balaban J connectivity index is 1.65. The van der Waals surface area contributed by atoms with E-state index in [1.54, 1.807) is 6.07 Å². The minimum atomic E-state index is -0.224. The van der Waals surface area contributed by atoms with E-state index in [4.69, 9.17) is 16.6 Å². The number of rotatable bonds is 1. The summed E-state index contributed by atoms with van der Waals surface area (Å²) in [5.41, 5.74) is 2.79. The Morgan fingerprint density at radius 1 is 1.03 bits per heavy atom. The van der Waals surface area contributed by atoms with Crippen molar-refractivity contribution in [3.8, 4) is 5.82 Å². The van der Waals surface area contributed by atoms with Gasteiger partial charge in [0.1, 0.15) is 11.6 Å². The largest absolute Gasteiger partial charge is 0.317 e. The number of nitrogens with zero attached hydrogens (tertiary/aromatic N) is 3. The molecule has 1 saturated carbocycles. The maximum atomic E-state index is 13.0. The molecule has 6 rings (SSSR count). The zero-order valence-electron chi connectivity index (χ0n) is 17.0. The van der Waals surface area contributed by atoms with Crippen molar-refractivity contribution in [2.24, 2.45) is 0 Å². The van der Waals surface area contributed by atoms with Gasteiger partial charge in [0.2, 0.25) is 0 Å². The van der Waals surface area contributed by atoms with Gasteiger partial charge in [-0.25, -0.2) is 4.98 Å². The van der Waals surface area contributed by atoms with Crippen molar-refractivity contribution in [3.63, 3.8) is 0 Å². The standard InChI is InChI=1S/C24H25ClN4O/c25-17-5-4-6-19-20(17)22(30)28-23-24(11-2-1-3-12-24)16-7-8-18(27-21(16)29(19)23)15-9-13-26-14-10-15/h4-8,15,26H,1-3,9-14H2. The van der Waals surface area contributed by atoms with Crippen LogP contribution < -0.4 is 10.9 Å². The number of halogens is 1. The van der Waals surface area contributed by atoms with Gasteiger partial charge in [-0.3, -0.25) is 9.36 Å². The molecule has 1 saturated heterocycles. The summed E-state index contributed by atoms with van der Waals surface area (Å²) in [7, 11) is 0. The SMILES string of the molecule is O=c1nc2n(c3cccc(Cl)c13)-c1nc(C3CCNCC3)ccc1C21CCCCC1. The average Bonchev–Trinajstić information content (AvgIpc) is 3.04. The van der Waals surface area contributed by atoms with Crippen LogP contribution in [0.1, 0.15) is 67.9 Å². The predicted octanol–water partition coefficient (Wildman–Crippen LogP) is 4.46. The van der Waals surface area contributed by atoms with Crippen LogP contribution >= 0.6 is 11.6 Å². The number of fused-ring (bicyclic) bond motifs is 7. The summed E-state index contributed by atoms with van der Waals surface area (Å²) >= 11 is 6.44. The quantitative estimate of drug-likeness (QED) is 0.631. The van der Waals surface area contributed by atoms with Crippen molar-refractivity contribution in [2.75, 3.05) is 13.1 Å². The van der Waals surface area contributed by atoms with Crippen LogP contribution in [-0.2, 0) is 5.41 Å². The lowest BCUT2D eigenvalue weighted by Gasteiger charge is -2.33. The molecule has 6 heteroatoms. The van der Waals surface area contributed by atoms with E-state index in [1.165, 1.54) is 12.0 Å². The van der Waals surface area contributed by atoms with Gasteiger partial charge in [0.25, 0.3) is 5.56 Å². The number of aromatic nitrogens is 3. The Bertz CT molecular complexity index is 1210. The maximum absolute atomic E-state index is 13.0. The first-order valence-electron chi connectivity index (χ1n) is 11.1. The fourth-order valence-electron chi connectivity index (χ4n) is 5.88. The lowest BCUT2D eigenvalue weighted by atomic mass is 9.70. The molecule has 2 fully saturated rings. The minimum Gasteiger partial charge on any atom is -0.317 e. The predicted molar refractivity (Wildman–Crippen MR) is 119 cm³/mol. The molecule has 0 amide bonds. The second-order valence-corrected chi connectivity index (χ2v) is 9.39. The average molecular weight is 421 g/mol. The van der Waals surface area contributed by atoms with E-state index < -0.39 is 0 Å². The Kier molecular flexibility index (Phi) is 4.26. The summed E-state index contributed by atoms with van der Waals surface area (Å²) in [4.78, 5) is 22.9. The first kappa shape index (κ1) is 18.5.